The molecule has 1 aromatic heterocycles. The van der Waals surface area contributed by atoms with Crippen molar-refractivity contribution >= 4 is 23.1 Å². The number of hydrogen-bond acceptors (Lipinski definition) is 6. The molecule has 0 saturated carbocycles. The molecule has 1 saturated heterocycles. The fourth-order valence-corrected chi connectivity index (χ4v) is 3.53. The fraction of sp³-hybridized carbons (Fsp3) is 0.0870. The van der Waals surface area contributed by atoms with Crippen LogP contribution in [0.2, 0.25) is 0 Å². The Bertz CT molecular complexity index is 1140. The van der Waals surface area contributed by atoms with E-state index in [1.165, 1.54) is 30.3 Å². The molecular weight excluding hydrogens is 384 g/mol. The fourth-order valence-electron chi connectivity index (χ4n) is 3.53. The van der Waals surface area contributed by atoms with Gasteiger partial charge in [-0.2, -0.15) is 0 Å². The highest BCUT2D eigenvalue weighted by molar-refractivity contribution is 6.51. The number of amides is 1. The Hall–Kier alpha value is -4.13. The van der Waals surface area contributed by atoms with Crippen molar-refractivity contribution in [2.75, 3.05) is 12.0 Å². The molecule has 1 amide bonds. The number of phenols is 1. The lowest BCUT2D eigenvalue weighted by Gasteiger charge is -2.25. The van der Waals surface area contributed by atoms with E-state index < -0.39 is 17.7 Å². The number of hydrogen-bond donors (Lipinski definition) is 2. The summed E-state index contributed by atoms with van der Waals surface area (Å²) in [7, 11) is 1.40. The largest absolute Gasteiger partial charge is 0.507 e. The van der Waals surface area contributed by atoms with Crippen LogP contribution < -0.4 is 9.64 Å². The van der Waals surface area contributed by atoms with Gasteiger partial charge >= 0.3 is 0 Å². The number of carbonyl (C=O) groups is 2. The molecule has 2 N–H and O–H groups in total. The maximum Gasteiger partial charge on any atom is 0.300 e. The highest BCUT2D eigenvalue weighted by atomic mass is 16.5. The predicted molar refractivity (Wildman–Crippen MR) is 110 cm³/mol. The number of anilines is 1. The topological polar surface area (TPSA) is 100.0 Å². The van der Waals surface area contributed by atoms with E-state index in [-0.39, 0.29) is 22.8 Å². The Kier molecular flexibility index (Phi) is 4.93. The number of aromatic nitrogens is 1. The van der Waals surface area contributed by atoms with Crippen molar-refractivity contribution in [1.29, 1.82) is 0 Å². The van der Waals surface area contributed by atoms with Crippen molar-refractivity contribution in [1.82, 2.24) is 4.98 Å². The number of aliphatic hydroxyl groups is 1. The standard InChI is InChI=1S/C23H18N2O5/c1-30-18-12-15(9-10-17(18)26)20-19(21(27)14-6-3-2-4-7-14)22(28)23(29)25(20)16-8-5-11-24-13-16/h2-13,20,26-27H,1H3/b21-19+. The van der Waals surface area contributed by atoms with E-state index in [0.29, 0.717) is 16.8 Å². The molecule has 2 aromatic carbocycles. The number of methoxy groups -OCH3 is 1. The number of ketones is 1. The highest BCUT2D eigenvalue weighted by Gasteiger charge is 2.47. The zero-order valence-corrected chi connectivity index (χ0v) is 16.0. The summed E-state index contributed by atoms with van der Waals surface area (Å²) in [5.41, 5.74) is 1.26. The van der Waals surface area contributed by atoms with Gasteiger partial charge in [-0.25, -0.2) is 0 Å². The van der Waals surface area contributed by atoms with Gasteiger partial charge in [0.25, 0.3) is 11.7 Å². The molecule has 1 unspecified atom stereocenters. The number of aliphatic hydroxyl groups excluding tert-OH is 1. The average Bonchev–Trinajstić information content (AvgIpc) is 3.05. The minimum absolute atomic E-state index is 0.0530. The Morgan fingerprint density at radius 2 is 1.83 bits per heavy atom. The van der Waals surface area contributed by atoms with Crippen LogP contribution in [0.1, 0.15) is 17.2 Å². The number of nitrogens with zero attached hydrogens (tertiary/aromatic N) is 2. The lowest BCUT2D eigenvalue weighted by Crippen LogP contribution is -2.29. The summed E-state index contributed by atoms with van der Waals surface area (Å²) in [4.78, 5) is 31.3. The van der Waals surface area contributed by atoms with Gasteiger partial charge in [-0.3, -0.25) is 19.5 Å². The Balaban J connectivity index is 1.97. The highest BCUT2D eigenvalue weighted by Crippen LogP contribution is 2.43. The Labute approximate surface area is 172 Å². The normalized spacial score (nSPS) is 17.9. The number of aromatic hydroxyl groups is 1. The molecule has 150 valence electrons. The van der Waals surface area contributed by atoms with Gasteiger partial charge in [-0.15, -0.1) is 0 Å². The molecule has 7 heteroatoms. The van der Waals surface area contributed by atoms with Crippen molar-refractivity contribution in [3.63, 3.8) is 0 Å². The van der Waals surface area contributed by atoms with E-state index in [1.54, 1.807) is 54.7 Å². The monoisotopic (exact) mass is 402 g/mol. The van der Waals surface area contributed by atoms with Gasteiger partial charge in [0.1, 0.15) is 5.76 Å². The average molecular weight is 402 g/mol. The molecule has 3 aromatic rings. The zero-order valence-electron chi connectivity index (χ0n) is 16.0. The van der Waals surface area contributed by atoms with E-state index in [1.807, 2.05) is 0 Å². The molecule has 1 fully saturated rings. The van der Waals surface area contributed by atoms with Crippen LogP contribution >= 0.6 is 0 Å². The maximum atomic E-state index is 13.0. The minimum atomic E-state index is -0.927. The second kappa shape index (κ2) is 7.71. The van der Waals surface area contributed by atoms with Gasteiger partial charge in [0.15, 0.2) is 11.5 Å². The lowest BCUT2D eigenvalue weighted by atomic mass is 9.95. The molecule has 0 radical (unpaired) electrons. The summed E-state index contributed by atoms with van der Waals surface area (Å²) >= 11 is 0. The lowest BCUT2D eigenvalue weighted by molar-refractivity contribution is -0.132. The smallest absolute Gasteiger partial charge is 0.300 e. The summed E-state index contributed by atoms with van der Waals surface area (Å²) in [6.07, 6.45) is 3.03. The molecule has 1 atom stereocenters. The SMILES string of the molecule is COc1cc(C2/C(=C(\O)c3ccccc3)C(=O)C(=O)N2c2cccnc2)ccc1O. The third kappa shape index (κ3) is 3.16. The van der Waals surface area contributed by atoms with E-state index in [4.69, 9.17) is 4.74 Å². The van der Waals surface area contributed by atoms with Crippen LogP contribution in [-0.2, 0) is 9.59 Å². The first-order valence-corrected chi connectivity index (χ1v) is 9.16. The van der Waals surface area contributed by atoms with Crippen molar-refractivity contribution in [3.05, 3.63) is 89.8 Å². The Morgan fingerprint density at radius 1 is 1.07 bits per heavy atom. The van der Waals surface area contributed by atoms with Crippen LogP contribution in [0.5, 0.6) is 11.5 Å². The first kappa shape index (κ1) is 19.2. The van der Waals surface area contributed by atoms with Crippen molar-refractivity contribution < 1.29 is 24.5 Å². The van der Waals surface area contributed by atoms with E-state index in [9.17, 15) is 19.8 Å². The van der Waals surface area contributed by atoms with E-state index >= 15 is 0 Å². The molecule has 2 heterocycles. The first-order valence-electron chi connectivity index (χ1n) is 9.16. The molecule has 0 aliphatic carbocycles. The molecule has 30 heavy (non-hydrogen) atoms. The summed E-state index contributed by atoms with van der Waals surface area (Å²) in [6, 6.07) is 15.5. The van der Waals surface area contributed by atoms with Crippen molar-refractivity contribution in [3.8, 4) is 11.5 Å². The van der Waals surface area contributed by atoms with Gasteiger partial charge in [0.2, 0.25) is 0 Å². The molecule has 0 bridgehead atoms. The number of pyridine rings is 1. The molecular formula is C23H18N2O5. The van der Waals surface area contributed by atoms with Gasteiger partial charge in [-0.1, -0.05) is 36.4 Å². The van der Waals surface area contributed by atoms with Gasteiger partial charge in [0.05, 0.1) is 30.6 Å². The zero-order chi connectivity index (χ0) is 21.3. The molecule has 1 aliphatic heterocycles. The van der Waals surface area contributed by atoms with Gasteiger partial charge in [-0.05, 0) is 29.8 Å². The predicted octanol–water partition coefficient (Wildman–Crippen LogP) is 3.42. The molecule has 0 spiro atoms. The number of carbonyl (C=O) groups excluding carboxylic acids is 2. The van der Waals surface area contributed by atoms with Crippen LogP contribution in [0, 0.1) is 0 Å². The van der Waals surface area contributed by atoms with Crippen molar-refractivity contribution in [2.45, 2.75) is 6.04 Å². The van der Waals surface area contributed by atoms with Crippen LogP contribution in [0.25, 0.3) is 5.76 Å². The second-order valence-corrected chi connectivity index (χ2v) is 6.68. The molecule has 1 aliphatic rings. The van der Waals surface area contributed by atoms with Crippen molar-refractivity contribution in [2.24, 2.45) is 0 Å². The second-order valence-electron chi connectivity index (χ2n) is 6.68. The summed E-state index contributed by atoms with van der Waals surface area (Å²) in [6.45, 7) is 0. The third-order valence-electron chi connectivity index (χ3n) is 4.94. The number of rotatable bonds is 4. The maximum absolute atomic E-state index is 13.0. The number of benzene rings is 2. The molecule has 4 rings (SSSR count). The third-order valence-corrected chi connectivity index (χ3v) is 4.94. The van der Waals surface area contributed by atoms with Gasteiger partial charge < -0.3 is 14.9 Å². The van der Waals surface area contributed by atoms with Crippen LogP contribution in [0.3, 0.4) is 0 Å². The molecule has 7 nitrogen and oxygen atoms in total. The summed E-state index contributed by atoms with van der Waals surface area (Å²) < 4.78 is 5.19. The number of ether oxygens (including phenoxy) is 1. The quantitative estimate of drug-likeness (QED) is 0.394. The number of Topliss-reactive ketones (excluding diaryl/α,β-unsaturated/α-hetero) is 1. The van der Waals surface area contributed by atoms with Crippen LogP contribution in [0.15, 0.2) is 78.6 Å². The summed E-state index contributed by atoms with van der Waals surface area (Å²) in [5, 5.41) is 20.9. The van der Waals surface area contributed by atoms with Crippen LogP contribution in [-0.4, -0.2) is 34.0 Å². The summed E-state index contributed by atoms with van der Waals surface area (Å²) in [5.74, 6) is -1.77. The van der Waals surface area contributed by atoms with E-state index in [0.717, 1.165) is 0 Å². The Morgan fingerprint density at radius 3 is 2.50 bits per heavy atom. The van der Waals surface area contributed by atoms with E-state index in [2.05, 4.69) is 4.98 Å². The minimum Gasteiger partial charge on any atom is -0.507 e. The number of phenolic OH excluding ortho intramolecular Hbond substituents is 1. The first-order chi connectivity index (χ1) is 14.5. The van der Waals surface area contributed by atoms with Gasteiger partial charge in [0, 0.05) is 11.8 Å². The van der Waals surface area contributed by atoms with Crippen LogP contribution in [0.4, 0.5) is 5.69 Å².